The predicted molar refractivity (Wildman–Crippen MR) is 119 cm³/mol. The summed E-state index contributed by atoms with van der Waals surface area (Å²) in [4.78, 5) is 28.2. The van der Waals surface area contributed by atoms with Crippen LogP contribution in [0.5, 0.6) is 0 Å². The van der Waals surface area contributed by atoms with Gasteiger partial charge in [0.05, 0.1) is 33.6 Å². The minimum atomic E-state index is -0.445. The third-order valence-electron chi connectivity index (χ3n) is 5.35. The number of anilines is 1. The van der Waals surface area contributed by atoms with Crippen molar-refractivity contribution in [3.63, 3.8) is 0 Å². The van der Waals surface area contributed by atoms with E-state index in [-0.39, 0.29) is 11.7 Å². The standard InChI is InChI=1S/C24H17N3O4/c28-24-18(13-16-5-1-4-8-23(16)31-24)22-14-21(15-9-11-17(12-10-15)27(29)30)25-19-6-2-3-7-20(19)26-22/h1-13,21,25H,14H2/t21-/m1/s1. The summed E-state index contributed by atoms with van der Waals surface area (Å²) in [5, 5.41) is 15.3. The fourth-order valence-corrected chi connectivity index (χ4v) is 3.78. The first-order chi connectivity index (χ1) is 15.1. The average Bonchev–Trinajstić information content (AvgIpc) is 2.98. The van der Waals surface area contributed by atoms with E-state index in [4.69, 9.17) is 9.41 Å². The molecule has 0 amide bonds. The highest BCUT2D eigenvalue weighted by atomic mass is 16.6. The van der Waals surface area contributed by atoms with E-state index in [0.717, 1.165) is 22.3 Å². The van der Waals surface area contributed by atoms with Gasteiger partial charge in [-0.2, -0.15) is 0 Å². The van der Waals surface area contributed by atoms with Crippen LogP contribution in [0.3, 0.4) is 0 Å². The van der Waals surface area contributed by atoms with Gasteiger partial charge in [-0.25, -0.2) is 4.79 Å². The quantitative estimate of drug-likeness (QED) is 0.277. The van der Waals surface area contributed by atoms with Gasteiger partial charge in [-0.3, -0.25) is 15.1 Å². The predicted octanol–water partition coefficient (Wildman–Crippen LogP) is 5.38. The highest BCUT2D eigenvalue weighted by molar-refractivity contribution is 6.05. The Morgan fingerprint density at radius 2 is 1.74 bits per heavy atom. The van der Waals surface area contributed by atoms with Gasteiger partial charge in [-0.15, -0.1) is 0 Å². The number of nitrogens with one attached hydrogen (secondary N) is 1. The highest BCUT2D eigenvalue weighted by Crippen LogP contribution is 2.35. The molecule has 1 atom stereocenters. The van der Waals surface area contributed by atoms with E-state index in [9.17, 15) is 14.9 Å². The molecule has 0 bridgehead atoms. The van der Waals surface area contributed by atoms with Crippen LogP contribution in [-0.2, 0) is 0 Å². The fourth-order valence-electron chi connectivity index (χ4n) is 3.78. The number of nitrogens with zero attached hydrogens (tertiary/aromatic N) is 2. The molecular weight excluding hydrogens is 394 g/mol. The van der Waals surface area contributed by atoms with Crippen LogP contribution in [0, 0.1) is 10.1 Å². The number of aliphatic imine (C=N–C) groups is 1. The van der Waals surface area contributed by atoms with Crippen LogP contribution < -0.4 is 10.9 Å². The number of fused-ring (bicyclic) bond motifs is 2. The van der Waals surface area contributed by atoms with Crippen LogP contribution in [0.4, 0.5) is 17.1 Å². The lowest BCUT2D eigenvalue weighted by Gasteiger charge is -2.19. The van der Waals surface area contributed by atoms with Gasteiger partial charge in [0.15, 0.2) is 0 Å². The molecule has 5 rings (SSSR count). The van der Waals surface area contributed by atoms with E-state index >= 15 is 0 Å². The summed E-state index contributed by atoms with van der Waals surface area (Å²) in [5.41, 5.74) is 3.52. The molecule has 0 saturated heterocycles. The van der Waals surface area contributed by atoms with Crippen molar-refractivity contribution in [2.45, 2.75) is 12.5 Å². The van der Waals surface area contributed by atoms with E-state index in [2.05, 4.69) is 5.32 Å². The SMILES string of the molecule is O=c1oc2ccccc2cc1C1=Nc2ccccc2N[C@@H](c2ccc([N+](=O)[O-])cc2)C1. The molecule has 1 N–H and O–H groups in total. The molecule has 0 unspecified atom stereocenters. The summed E-state index contributed by atoms with van der Waals surface area (Å²) < 4.78 is 5.53. The van der Waals surface area contributed by atoms with Gasteiger partial charge >= 0.3 is 5.63 Å². The Bertz CT molecular complexity index is 1390. The zero-order valence-electron chi connectivity index (χ0n) is 16.3. The Morgan fingerprint density at radius 3 is 2.55 bits per heavy atom. The number of nitro groups is 1. The van der Waals surface area contributed by atoms with Crippen molar-refractivity contribution in [3.8, 4) is 0 Å². The molecule has 0 saturated carbocycles. The number of non-ortho nitro benzene ring substituents is 1. The number of rotatable bonds is 3. The fraction of sp³-hybridized carbons (Fsp3) is 0.0833. The van der Waals surface area contributed by atoms with Crippen LogP contribution in [-0.4, -0.2) is 10.6 Å². The molecular formula is C24H17N3O4. The Hall–Kier alpha value is -4.26. The molecule has 7 heteroatoms. The summed E-state index contributed by atoms with van der Waals surface area (Å²) in [6, 6.07) is 22.9. The van der Waals surface area contributed by atoms with E-state index in [0.29, 0.717) is 23.3 Å². The van der Waals surface area contributed by atoms with Gasteiger partial charge in [-0.05, 0) is 29.8 Å². The number of hydrogen-bond donors (Lipinski definition) is 1. The molecule has 7 nitrogen and oxygen atoms in total. The van der Waals surface area contributed by atoms with Crippen molar-refractivity contribution in [1.29, 1.82) is 0 Å². The Morgan fingerprint density at radius 1 is 1.00 bits per heavy atom. The summed E-state index contributed by atoms with van der Waals surface area (Å²) in [7, 11) is 0. The topological polar surface area (TPSA) is 97.7 Å². The van der Waals surface area contributed by atoms with Gasteiger partial charge in [0.2, 0.25) is 0 Å². The van der Waals surface area contributed by atoms with Crippen molar-refractivity contribution >= 4 is 33.7 Å². The molecule has 1 aliphatic rings. The second-order valence-corrected chi connectivity index (χ2v) is 7.31. The summed E-state index contributed by atoms with van der Waals surface area (Å²) >= 11 is 0. The molecule has 0 aliphatic carbocycles. The lowest BCUT2D eigenvalue weighted by Crippen LogP contribution is -2.19. The molecule has 2 heterocycles. The number of hydrogen-bond acceptors (Lipinski definition) is 6. The second-order valence-electron chi connectivity index (χ2n) is 7.31. The third-order valence-corrected chi connectivity index (χ3v) is 5.35. The minimum Gasteiger partial charge on any atom is -0.422 e. The lowest BCUT2D eigenvalue weighted by molar-refractivity contribution is -0.384. The van der Waals surface area contributed by atoms with E-state index in [1.54, 1.807) is 24.3 Å². The first-order valence-corrected chi connectivity index (χ1v) is 9.79. The molecule has 4 aromatic rings. The Balaban J connectivity index is 1.63. The van der Waals surface area contributed by atoms with E-state index < -0.39 is 10.5 Å². The molecule has 31 heavy (non-hydrogen) atoms. The van der Waals surface area contributed by atoms with Crippen LogP contribution in [0.25, 0.3) is 11.0 Å². The van der Waals surface area contributed by atoms with E-state index in [1.165, 1.54) is 12.1 Å². The van der Waals surface area contributed by atoms with Gasteiger partial charge < -0.3 is 9.73 Å². The first kappa shape index (κ1) is 18.7. The summed E-state index contributed by atoms with van der Waals surface area (Å²) in [6.45, 7) is 0. The lowest BCUT2D eigenvalue weighted by atomic mass is 9.97. The highest BCUT2D eigenvalue weighted by Gasteiger charge is 2.23. The van der Waals surface area contributed by atoms with Gasteiger partial charge in [0.25, 0.3) is 5.69 Å². The van der Waals surface area contributed by atoms with Crippen molar-refractivity contribution in [1.82, 2.24) is 0 Å². The minimum absolute atomic E-state index is 0.0295. The maximum atomic E-state index is 12.8. The van der Waals surface area contributed by atoms with Crippen molar-refractivity contribution < 1.29 is 9.34 Å². The van der Waals surface area contributed by atoms with Crippen LogP contribution in [0.2, 0.25) is 0 Å². The molecule has 1 aliphatic heterocycles. The zero-order valence-corrected chi connectivity index (χ0v) is 16.3. The molecule has 0 radical (unpaired) electrons. The van der Waals surface area contributed by atoms with Gasteiger partial charge in [0, 0.05) is 23.9 Å². The summed E-state index contributed by atoms with van der Waals surface area (Å²) in [5.74, 6) is 0. The van der Waals surface area contributed by atoms with Crippen LogP contribution in [0.15, 0.2) is 93.1 Å². The smallest absolute Gasteiger partial charge is 0.345 e. The molecule has 0 spiro atoms. The van der Waals surface area contributed by atoms with Gasteiger partial charge in [-0.1, -0.05) is 42.5 Å². The molecule has 1 aromatic heterocycles. The zero-order chi connectivity index (χ0) is 21.4. The second kappa shape index (κ2) is 7.53. The molecule has 152 valence electrons. The van der Waals surface area contributed by atoms with Crippen molar-refractivity contribution in [3.05, 3.63) is 111 Å². The summed E-state index contributed by atoms with van der Waals surface area (Å²) in [6.07, 6.45) is 0.412. The number of benzene rings is 3. The number of nitro benzene ring substituents is 1. The largest absolute Gasteiger partial charge is 0.422 e. The van der Waals surface area contributed by atoms with Crippen LogP contribution >= 0.6 is 0 Å². The maximum absolute atomic E-state index is 12.8. The average molecular weight is 411 g/mol. The Labute approximate surface area is 176 Å². The number of para-hydroxylation sites is 3. The van der Waals surface area contributed by atoms with Crippen molar-refractivity contribution in [2.24, 2.45) is 4.99 Å². The van der Waals surface area contributed by atoms with E-state index in [1.807, 2.05) is 42.5 Å². The first-order valence-electron chi connectivity index (χ1n) is 9.79. The van der Waals surface area contributed by atoms with Gasteiger partial charge in [0.1, 0.15) is 5.58 Å². The maximum Gasteiger partial charge on any atom is 0.345 e. The third kappa shape index (κ3) is 3.57. The monoisotopic (exact) mass is 411 g/mol. The van der Waals surface area contributed by atoms with Crippen LogP contribution in [0.1, 0.15) is 23.6 Å². The molecule has 0 fully saturated rings. The Kier molecular flexibility index (Phi) is 4.55. The normalized spacial score (nSPS) is 15.5. The van der Waals surface area contributed by atoms with Crippen molar-refractivity contribution in [2.75, 3.05) is 5.32 Å². The molecule has 3 aromatic carbocycles.